The third-order valence-electron chi connectivity index (χ3n) is 5.22. The minimum absolute atomic E-state index is 0.0924. The zero-order valence-corrected chi connectivity index (χ0v) is 17.3. The molecule has 156 valence electrons. The maximum Gasteiger partial charge on any atom is 0.257 e. The molecule has 1 amide bonds. The number of nitrogens with one attached hydrogen (secondary N) is 1. The smallest absolute Gasteiger partial charge is 0.257 e. The maximum atomic E-state index is 13.2. The third kappa shape index (κ3) is 4.26. The number of carbonyl (C=O) groups excluding carboxylic acids is 1. The van der Waals surface area contributed by atoms with E-state index in [4.69, 9.17) is 16.3 Å². The summed E-state index contributed by atoms with van der Waals surface area (Å²) in [6.45, 7) is 2.64. The zero-order chi connectivity index (χ0) is 21.1. The number of carbonyl (C=O) groups is 1. The van der Waals surface area contributed by atoms with Gasteiger partial charge in [-0.2, -0.15) is 5.10 Å². The number of methoxy groups -OCH3 is 1. The number of anilines is 1. The van der Waals surface area contributed by atoms with Crippen molar-refractivity contribution in [2.24, 2.45) is 0 Å². The van der Waals surface area contributed by atoms with Crippen LogP contribution in [0, 0.1) is 5.82 Å². The molecule has 30 heavy (non-hydrogen) atoms. The van der Waals surface area contributed by atoms with Crippen LogP contribution < -0.4 is 9.64 Å². The van der Waals surface area contributed by atoms with Crippen LogP contribution in [0.2, 0.25) is 5.02 Å². The number of rotatable bonds is 4. The van der Waals surface area contributed by atoms with Gasteiger partial charge in [0.05, 0.1) is 18.4 Å². The first-order valence-electron chi connectivity index (χ1n) is 9.74. The Balaban J connectivity index is 1.46. The van der Waals surface area contributed by atoms with E-state index in [1.54, 1.807) is 37.4 Å². The number of nitrogens with zero attached hydrogens (tertiary/aromatic N) is 3. The SMILES string of the molecule is COc1ccc(Cl)cc1C(=O)N1CCCN(c2cc(-c3ccc(F)cc3)[nH]n2)CC1. The van der Waals surface area contributed by atoms with E-state index in [2.05, 4.69) is 15.1 Å². The summed E-state index contributed by atoms with van der Waals surface area (Å²) >= 11 is 6.09. The minimum Gasteiger partial charge on any atom is -0.496 e. The summed E-state index contributed by atoms with van der Waals surface area (Å²) in [6, 6.07) is 13.3. The third-order valence-corrected chi connectivity index (χ3v) is 5.45. The van der Waals surface area contributed by atoms with Gasteiger partial charge in [0.2, 0.25) is 0 Å². The second-order valence-electron chi connectivity index (χ2n) is 7.12. The van der Waals surface area contributed by atoms with Crippen molar-refractivity contribution in [2.45, 2.75) is 6.42 Å². The van der Waals surface area contributed by atoms with Crippen molar-refractivity contribution in [1.29, 1.82) is 0 Å². The quantitative estimate of drug-likeness (QED) is 0.675. The Hall–Kier alpha value is -3.06. The summed E-state index contributed by atoms with van der Waals surface area (Å²) in [5, 5.41) is 7.93. The summed E-state index contributed by atoms with van der Waals surface area (Å²) in [4.78, 5) is 17.0. The Morgan fingerprint density at radius 1 is 1.10 bits per heavy atom. The predicted molar refractivity (Wildman–Crippen MR) is 115 cm³/mol. The molecule has 2 heterocycles. The Morgan fingerprint density at radius 2 is 1.90 bits per heavy atom. The highest BCUT2D eigenvalue weighted by Crippen LogP contribution is 2.26. The van der Waals surface area contributed by atoms with E-state index >= 15 is 0 Å². The van der Waals surface area contributed by atoms with Crippen molar-refractivity contribution in [3.63, 3.8) is 0 Å². The van der Waals surface area contributed by atoms with Gasteiger partial charge in [-0.1, -0.05) is 11.6 Å². The molecule has 1 aliphatic rings. The molecular formula is C22H22ClFN4O2. The summed E-state index contributed by atoms with van der Waals surface area (Å²) < 4.78 is 18.5. The van der Waals surface area contributed by atoms with E-state index in [-0.39, 0.29) is 11.7 Å². The molecule has 1 saturated heterocycles. The second kappa shape index (κ2) is 8.75. The first-order valence-corrected chi connectivity index (χ1v) is 10.1. The van der Waals surface area contributed by atoms with Gasteiger partial charge in [-0.15, -0.1) is 0 Å². The van der Waals surface area contributed by atoms with Crippen LogP contribution >= 0.6 is 11.6 Å². The molecule has 0 unspecified atom stereocenters. The monoisotopic (exact) mass is 428 g/mol. The number of hydrogen-bond donors (Lipinski definition) is 1. The standard InChI is InChI=1S/C22H22ClFN4O2/c1-30-20-8-5-16(23)13-18(20)22(29)28-10-2-9-27(11-12-28)21-14-19(25-26-21)15-3-6-17(24)7-4-15/h3-8,13-14H,2,9-12H2,1H3,(H,25,26). The molecule has 6 nitrogen and oxygen atoms in total. The number of halogens is 2. The molecule has 0 atom stereocenters. The summed E-state index contributed by atoms with van der Waals surface area (Å²) in [6.07, 6.45) is 0.813. The molecule has 1 N–H and O–H groups in total. The highest BCUT2D eigenvalue weighted by molar-refractivity contribution is 6.31. The molecule has 4 rings (SSSR count). The lowest BCUT2D eigenvalue weighted by Gasteiger charge is -2.22. The lowest BCUT2D eigenvalue weighted by molar-refractivity contribution is 0.0763. The van der Waals surface area contributed by atoms with Gasteiger partial charge in [0.15, 0.2) is 5.82 Å². The van der Waals surface area contributed by atoms with Gasteiger partial charge in [0.25, 0.3) is 5.91 Å². The fourth-order valence-corrected chi connectivity index (χ4v) is 3.79. The number of H-pyrrole nitrogens is 1. The molecule has 0 spiro atoms. The van der Waals surface area contributed by atoms with Gasteiger partial charge < -0.3 is 14.5 Å². The molecule has 1 aliphatic heterocycles. The lowest BCUT2D eigenvalue weighted by atomic mass is 10.1. The van der Waals surface area contributed by atoms with Crippen LogP contribution in [-0.4, -0.2) is 54.3 Å². The zero-order valence-electron chi connectivity index (χ0n) is 16.6. The average molecular weight is 429 g/mol. The van der Waals surface area contributed by atoms with Crippen LogP contribution in [0.15, 0.2) is 48.5 Å². The van der Waals surface area contributed by atoms with Crippen molar-refractivity contribution in [1.82, 2.24) is 15.1 Å². The number of ether oxygens (including phenoxy) is 1. The lowest BCUT2D eigenvalue weighted by Crippen LogP contribution is -2.35. The molecule has 8 heteroatoms. The van der Waals surface area contributed by atoms with Crippen molar-refractivity contribution >= 4 is 23.3 Å². The van der Waals surface area contributed by atoms with E-state index in [9.17, 15) is 9.18 Å². The predicted octanol–water partition coefficient (Wildman–Crippen LogP) is 4.23. The molecule has 0 radical (unpaired) electrons. The molecule has 3 aromatic rings. The van der Waals surface area contributed by atoms with Gasteiger partial charge in [0, 0.05) is 37.3 Å². The van der Waals surface area contributed by atoms with Crippen LogP contribution in [0.4, 0.5) is 10.2 Å². The average Bonchev–Trinajstić information content (AvgIpc) is 3.11. The summed E-state index contributed by atoms with van der Waals surface area (Å²) in [7, 11) is 1.54. The molecule has 0 bridgehead atoms. The summed E-state index contributed by atoms with van der Waals surface area (Å²) in [5.74, 6) is 0.961. The Morgan fingerprint density at radius 3 is 2.67 bits per heavy atom. The van der Waals surface area contributed by atoms with E-state index in [0.717, 1.165) is 30.0 Å². The van der Waals surface area contributed by atoms with Crippen LogP contribution in [0.1, 0.15) is 16.8 Å². The minimum atomic E-state index is -0.271. The fourth-order valence-electron chi connectivity index (χ4n) is 3.62. The number of aromatic nitrogens is 2. The Kier molecular flexibility index (Phi) is 5.90. The van der Waals surface area contributed by atoms with E-state index in [1.165, 1.54) is 12.1 Å². The van der Waals surface area contributed by atoms with Crippen molar-refractivity contribution in [3.8, 4) is 17.0 Å². The van der Waals surface area contributed by atoms with Gasteiger partial charge in [0.1, 0.15) is 11.6 Å². The largest absolute Gasteiger partial charge is 0.496 e. The van der Waals surface area contributed by atoms with Crippen LogP contribution in [0.25, 0.3) is 11.3 Å². The number of hydrogen-bond acceptors (Lipinski definition) is 4. The van der Waals surface area contributed by atoms with Gasteiger partial charge >= 0.3 is 0 Å². The highest BCUT2D eigenvalue weighted by atomic mass is 35.5. The van der Waals surface area contributed by atoms with Gasteiger partial charge in [-0.3, -0.25) is 9.89 Å². The van der Waals surface area contributed by atoms with Crippen molar-refractivity contribution < 1.29 is 13.9 Å². The Labute approximate surface area is 179 Å². The number of benzene rings is 2. The van der Waals surface area contributed by atoms with Gasteiger partial charge in [-0.05, 0) is 54.4 Å². The number of aromatic amines is 1. The maximum absolute atomic E-state index is 13.2. The van der Waals surface area contributed by atoms with E-state index < -0.39 is 0 Å². The molecule has 1 aromatic heterocycles. The van der Waals surface area contributed by atoms with Gasteiger partial charge in [-0.25, -0.2) is 4.39 Å². The Bertz CT molecular complexity index is 1040. The normalized spacial score (nSPS) is 14.5. The van der Waals surface area contributed by atoms with Crippen LogP contribution in [-0.2, 0) is 0 Å². The van der Waals surface area contributed by atoms with Crippen LogP contribution in [0.3, 0.4) is 0 Å². The second-order valence-corrected chi connectivity index (χ2v) is 7.56. The molecule has 1 fully saturated rings. The highest BCUT2D eigenvalue weighted by Gasteiger charge is 2.24. The summed E-state index contributed by atoms with van der Waals surface area (Å²) in [5.41, 5.74) is 2.16. The fraction of sp³-hybridized carbons (Fsp3) is 0.273. The topological polar surface area (TPSA) is 61.5 Å². The number of amides is 1. The van der Waals surface area contributed by atoms with Crippen molar-refractivity contribution in [2.75, 3.05) is 38.2 Å². The van der Waals surface area contributed by atoms with E-state index in [0.29, 0.717) is 36.0 Å². The molecule has 2 aromatic carbocycles. The van der Waals surface area contributed by atoms with Crippen molar-refractivity contribution in [3.05, 3.63) is 64.9 Å². The first-order chi connectivity index (χ1) is 14.5. The molecule has 0 saturated carbocycles. The van der Waals surface area contributed by atoms with E-state index in [1.807, 2.05) is 11.0 Å². The molecular weight excluding hydrogens is 407 g/mol. The van der Waals surface area contributed by atoms with Crippen LogP contribution in [0.5, 0.6) is 5.75 Å². The molecule has 0 aliphatic carbocycles. The first kappa shape index (κ1) is 20.2.